The second kappa shape index (κ2) is 1.78. The molecular formula is C3H6ClN2. The van der Waals surface area contributed by atoms with E-state index in [1.807, 2.05) is 6.42 Å². The van der Waals surface area contributed by atoms with Gasteiger partial charge in [-0.2, -0.15) is 0 Å². The lowest BCUT2D eigenvalue weighted by molar-refractivity contribution is 0.665. The Hall–Kier alpha value is 0.210. The highest BCUT2D eigenvalue weighted by Gasteiger charge is 2.07. The van der Waals surface area contributed by atoms with Gasteiger partial charge in [0.2, 0.25) is 0 Å². The molecule has 0 bridgehead atoms. The van der Waals surface area contributed by atoms with Crippen LogP contribution in [0.15, 0.2) is 0 Å². The van der Waals surface area contributed by atoms with Gasteiger partial charge in [0.25, 0.3) is 0 Å². The second-order valence-electron chi connectivity index (χ2n) is 1.16. The molecule has 0 spiro atoms. The minimum atomic E-state index is 0.0324. The topological polar surface area (TPSA) is 24.1 Å². The second-order valence-corrected chi connectivity index (χ2v) is 1.63. The number of halogens is 1. The molecule has 35 valence electrons. The van der Waals surface area contributed by atoms with Crippen LogP contribution in [-0.2, 0) is 0 Å². The lowest BCUT2D eigenvalue weighted by Gasteiger charge is -1.91. The van der Waals surface area contributed by atoms with Crippen molar-refractivity contribution in [3.05, 3.63) is 6.42 Å². The maximum Gasteiger partial charge on any atom is 0.0996 e. The van der Waals surface area contributed by atoms with E-state index in [-0.39, 0.29) is 5.50 Å². The molecule has 3 heteroatoms. The molecule has 0 aromatic carbocycles. The Morgan fingerprint density at radius 1 is 1.83 bits per heavy atom. The van der Waals surface area contributed by atoms with Gasteiger partial charge in [-0.25, -0.2) is 5.43 Å². The monoisotopic (exact) mass is 105 g/mol. The molecule has 0 aliphatic carbocycles. The number of nitrogens with one attached hydrogen (secondary N) is 2. The highest BCUT2D eigenvalue weighted by molar-refractivity contribution is 6.21. The Morgan fingerprint density at radius 2 is 2.67 bits per heavy atom. The average molecular weight is 106 g/mol. The van der Waals surface area contributed by atoms with Crippen LogP contribution in [0.1, 0.15) is 0 Å². The fraction of sp³-hybridized carbons (Fsp3) is 0.667. The molecule has 1 fully saturated rings. The van der Waals surface area contributed by atoms with Gasteiger partial charge in [0.1, 0.15) is 0 Å². The molecule has 2 N–H and O–H groups in total. The van der Waals surface area contributed by atoms with Gasteiger partial charge in [0.05, 0.1) is 5.50 Å². The highest BCUT2D eigenvalue weighted by Crippen LogP contribution is 1.96. The highest BCUT2D eigenvalue weighted by atomic mass is 35.5. The number of alkyl halides is 1. The van der Waals surface area contributed by atoms with E-state index in [1.54, 1.807) is 0 Å². The van der Waals surface area contributed by atoms with Crippen LogP contribution in [0.5, 0.6) is 0 Å². The molecule has 6 heavy (non-hydrogen) atoms. The predicted molar refractivity (Wildman–Crippen MR) is 25.1 cm³/mol. The molecule has 1 heterocycles. The largest absolute Gasteiger partial charge is 0.256 e. The van der Waals surface area contributed by atoms with Gasteiger partial charge in [-0.1, -0.05) is 0 Å². The summed E-state index contributed by atoms with van der Waals surface area (Å²) in [4.78, 5) is 0. The van der Waals surface area contributed by atoms with Gasteiger partial charge in [-0.15, -0.1) is 11.6 Å². The van der Waals surface area contributed by atoms with Crippen LogP contribution in [0.3, 0.4) is 0 Å². The van der Waals surface area contributed by atoms with E-state index >= 15 is 0 Å². The standard InChI is InChI=1S/C3H6ClN2/c4-3-1-2-5-6-3/h1,3,5-6H,2H2. The molecule has 1 saturated heterocycles. The van der Waals surface area contributed by atoms with Gasteiger partial charge in [-0.3, -0.25) is 5.43 Å². The molecule has 1 unspecified atom stereocenters. The molecule has 1 rings (SSSR count). The van der Waals surface area contributed by atoms with E-state index in [2.05, 4.69) is 10.9 Å². The summed E-state index contributed by atoms with van der Waals surface area (Å²) >= 11 is 5.48. The zero-order valence-electron chi connectivity index (χ0n) is 3.24. The third-order valence-corrected chi connectivity index (χ3v) is 0.954. The predicted octanol–water partition coefficient (Wildman–Crippen LogP) is -0.137. The van der Waals surface area contributed by atoms with E-state index in [0.717, 1.165) is 6.54 Å². The van der Waals surface area contributed by atoms with Crippen molar-refractivity contribution in [3.8, 4) is 0 Å². The quantitative estimate of drug-likeness (QED) is 0.331. The van der Waals surface area contributed by atoms with Crippen molar-refractivity contribution in [1.82, 2.24) is 10.9 Å². The van der Waals surface area contributed by atoms with E-state index in [1.165, 1.54) is 0 Å². The molecule has 0 aromatic rings. The van der Waals surface area contributed by atoms with Crippen LogP contribution in [0.4, 0.5) is 0 Å². The minimum absolute atomic E-state index is 0.0324. The Morgan fingerprint density at radius 3 is 2.83 bits per heavy atom. The lowest BCUT2D eigenvalue weighted by atomic mass is 10.5. The summed E-state index contributed by atoms with van der Waals surface area (Å²) in [6, 6.07) is 0. The van der Waals surface area contributed by atoms with Gasteiger partial charge in [0, 0.05) is 13.0 Å². The summed E-state index contributed by atoms with van der Waals surface area (Å²) in [5, 5.41) is 0. The van der Waals surface area contributed by atoms with Crippen LogP contribution in [0, 0.1) is 6.42 Å². The number of rotatable bonds is 0. The zero-order valence-corrected chi connectivity index (χ0v) is 4.00. The van der Waals surface area contributed by atoms with Crippen LogP contribution in [-0.4, -0.2) is 12.0 Å². The molecule has 1 radical (unpaired) electrons. The van der Waals surface area contributed by atoms with Crippen molar-refractivity contribution in [2.24, 2.45) is 0 Å². The first kappa shape index (κ1) is 4.37. The van der Waals surface area contributed by atoms with Crippen molar-refractivity contribution in [2.75, 3.05) is 6.54 Å². The van der Waals surface area contributed by atoms with Gasteiger partial charge in [0.15, 0.2) is 0 Å². The third kappa shape index (κ3) is 0.834. The molecule has 1 aliphatic rings. The normalized spacial score (nSPS) is 34.5. The van der Waals surface area contributed by atoms with Crippen molar-refractivity contribution in [3.63, 3.8) is 0 Å². The Labute approximate surface area is 41.8 Å². The Balaban J connectivity index is 2.18. The van der Waals surface area contributed by atoms with Gasteiger partial charge in [-0.05, 0) is 0 Å². The van der Waals surface area contributed by atoms with Crippen LogP contribution < -0.4 is 10.9 Å². The molecule has 1 aliphatic heterocycles. The average Bonchev–Trinajstić information content (AvgIpc) is 1.86. The molecule has 0 aromatic heterocycles. The smallest absolute Gasteiger partial charge is 0.0996 e. The molecular weight excluding hydrogens is 99.5 g/mol. The molecule has 0 amide bonds. The fourth-order valence-corrected chi connectivity index (χ4v) is 0.544. The number of hydrogen-bond acceptors (Lipinski definition) is 2. The van der Waals surface area contributed by atoms with Crippen molar-refractivity contribution in [1.29, 1.82) is 0 Å². The third-order valence-electron chi connectivity index (χ3n) is 0.667. The maximum absolute atomic E-state index is 5.48. The first-order valence-electron chi connectivity index (χ1n) is 1.85. The molecule has 1 atom stereocenters. The zero-order chi connectivity index (χ0) is 4.41. The first-order valence-corrected chi connectivity index (χ1v) is 2.29. The number of hydrogen-bond donors (Lipinski definition) is 2. The van der Waals surface area contributed by atoms with Crippen molar-refractivity contribution in [2.45, 2.75) is 5.50 Å². The lowest BCUT2D eigenvalue weighted by Crippen LogP contribution is -2.25. The summed E-state index contributed by atoms with van der Waals surface area (Å²) in [5.74, 6) is 0. The summed E-state index contributed by atoms with van der Waals surface area (Å²) in [7, 11) is 0. The van der Waals surface area contributed by atoms with Crippen LogP contribution in [0.2, 0.25) is 0 Å². The summed E-state index contributed by atoms with van der Waals surface area (Å²) in [6.07, 6.45) is 1.95. The van der Waals surface area contributed by atoms with E-state index in [4.69, 9.17) is 11.6 Å². The van der Waals surface area contributed by atoms with E-state index < -0.39 is 0 Å². The number of hydrazine groups is 1. The Bertz CT molecular complexity index is 42.1. The van der Waals surface area contributed by atoms with Crippen LogP contribution in [0.25, 0.3) is 0 Å². The van der Waals surface area contributed by atoms with Crippen molar-refractivity contribution < 1.29 is 0 Å². The maximum atomic E-state index is 5.48. The summed E-state index contributed by atoms with van der Waals surface area (Å²) in [6.45, 7) is 0.869. The minimum Gasteiger partial charge on any atom is -0.256 e. The van der Waals surface area contributed by atoms with Gasteiger partial charge < -0.3 is 0 Å². The van der Waals surface area contributed by atoms with Crippen LogP contribution >= 0.6 is 11.6 Å². The Kier molecular flexibility index (Phi) is 1.29. The summed E-state index contributed by atoms with van der Waals surface area (Å²) in [5.41, 5.74) is 5.65. The first-order chi connectivity index (χ1) is 2.89. The molecule has 0 saturated carbocycles. The van der Waals surface area contributed by atoms with E-state index in [0.29, 0.717) is 0 Å². The summed E-state index contributed by atoms with van der Waals surface area (Å²) < 4.78 is 0. The van der Waals surface area contributed by atoms with E-state index in [9.17, 15) is 0 Å². The van der Waals surface area contributed by atoms with Gasteiger partial charge >= 0.3 is 0 Å². The SMILES string of the molecule is ClC1[CH]CNN1. The molecule has 2 nitrogen and oxygen atoms in total. The fourth-order valence-electron chi connectivity index (χ4n) is 0.378. The van der Waals surface area contributed by atoms with Crippen molar-refractivity contribution >= 4 is 11.6 Å².